The molecule has 1 N–H and O–H groups in total. The van der Waals surface area contributed by atoms with Crippen LogP contribution in [0.2, 0.25) is 0 Å². The number of thiazole rings is 1. The highest BCUT2D eigenvalue weighted by Gasteiger charge is 2.23. The number of methoxy groups -OCH3 is 1. The van der Waals surface area contributed by atoms with Crippen molar-refractivity contribution in [2.45, 2.75) is 51.1 Å². The monoisotopic (exact) mass is 448 g/mol. The van der Waals surface area contributed by atoms with E-state index in [1.165, 1.54) is 0 Å². The Labute approximate surface area is 181 Å². The molecular weight excluding hydrogens is 420 g/mol. The van der Waals surface area contributed by atoms with Crippen molar-refractivity contribution in [2.75, 3.05) is 7.11 Å². The van der Waals surface area contributed by atoms with Crippen LogP contribution >= 0.6 is 11.3 Å². The SMILES string of the molecule is COc1ccc(C(CC(C)C)NS(=O)(=O)c2ccc3c(c2)sc(=O)n3C(C)C)cc1. The first kappa shape index (κ1) is 22.5. The van der Waals surface area contributed by atoms with Crippen LogP contribution in [0.5, 0.6) is 5.75 Å². The fourth-order valence-corrected chi connectivity index (χ4v) is 5.88. The number of nitrogens with one attached hydrogen (secondary N) is 1. The summed E-state index contributed by atoms with van der Waals surface area (Å²) in [7, 11) is -2.17. The summed E-state index contributed by atoms with van der Waals surface area (Å²) >= 11 is 1.07. The molecule has 0 saturated carbocycles. The van der Waals surface area contributed by atoms with Gasteiger partial charge in [-0.1, -0.05) is 37.3 Å². The van der Waals surface area contributed by atoms with Gasteiger partial charge in [-0.2, -0.15) is 0 Å². The Morgan fingerprint density at radius 2 is 1.73 bits per heavy atom. The van der Waals surface area contributed by atoms with Crippen LogP contribution in [0, 0.1) is 5.92 Å². The Morgan fingerprint density at radius 3 is 2.30 bits per heavy atom. The number of hydrogen-bond donors (Lipinski definition) is 1. The molecule has 6 nitrogen and oxygen atoms in total. The molecule has 8 heteroatoms. The van der Waals surface area contributed by atoms with Crippen LogP contribution < -0.4 is 14.3 Å². The van der Waals surface area contributed by atoms with Crippen molar-refractivity contribution >= 4 is 31.6 Å². The summed E-state index contributed by atoms with van der Waals surface area (Å²) in [5.74, 6) is 1.02. The molecule has 0 aliphatic heterocycles. The van der Waals surface area contributed by atoms with Gasteiger partial charge in [0.1, 0.15) is 5.75 Å². The second kappa shape index (κ2) is 8.91. The van der Waals surface area contributed by atoms with E-state index >= 15 is 0 Å². The third-order valence-electron chi connectivity index (χ3n) is 4.93. The number of fused-ring (bicyclic) bond motifs is 1. The average Bonchev–Trinajstić information content (AvgIpc) is 3.02. The lowest BCUT2D eigenvalue weighted by Crippen LogP contribution is -2.29. The molecule has 1 aromatic heterocycles. The zero-order valence-corrected chi connectivity index (χ0v) is 19.5. The standard InChI is InChI=1S/C22H28N2O4S2/c1-14(2)12-19(16-6-8-17(28-5)9-7-16)23-30(26,27)18-10-11-20-21(13-18)29-22(25)24(20)15(3)4/h6-11,13-15,19,23H,12H2,1-5H3. The van der Waals surface area contributed by atoms with Crippen LogP contribution in [0.25, 0.3) is 10.2 Å². The van der Waals surface area contributed by atoms with E-state index in [-0.39, 0.29) is 21.9 Å². The van der Waals surface area contributed by atoms with Gasteiger partial charge in [-0.15, -0.1) is 0 Å². The molecule has 1 heterocycles. The molecule has 1 unspecified atom stereocenters. The minimum atomic E-state index is -3.77. The molecule has 0 amide bonds. The van der Waals surface area contributed by atoms with Gasteiger partial charge < -0.3 is 4.74 Å². The Kier molecular flexibility index (Phi) is 6.69. The van der Waals surface area contributed by atoms with Crippen LogP contribution in [0.3, 0.4) is 0 Å². The fourth-order valence-electron chi connectivity index (χ4n) is 3.49. The first-order valence-electron chi connectivity index (χ1n) is 9.93. The van der Waals surface area contributed by atoms with E-state index in [9.17, 15) is 13.2 Å². The smallest absolute Gasteiger partial charge is 0.308 e. The molecule has 3 aromatic rings. The zero-order valence-electron chi connectivity index (χ0n) is 17.9. The summed E-state index contributed by atoms with van der Waals surface area (Å²) in [5.41, 5.74) is 1.64. The van der Waals surface area contributed by atoms with E-state index in [2.05, 4.69) is 18.6 Å². The molecule has 0 fully saturated rings. The normalized spacial score (nSPS) is 13.3. The Hall–Kier alpha value is -2.16. The minimum absolute atomic E-state index is 0.0114. The highest BCUT2D eigenvalue weighted by molar-refractivity contribution is 7.89. The van der Waals surface area contributed by atoms with E-state index in [1.54, 1.807) is 29.9 Å². The molecular formula is C22H28N2O4S2. The molecule has 0 bridgehead atoms. The quantitative estimate of drug-likeness (QED) is 0.541. The van der Waals surface area contributed by atoms with Gasteiger partial charge in [0.2, 0.25) is 10.0 Å². The lowest BCUT2D eigenvalue weighted by molar-refractivity contribution is 0.414. The Bertz CT molecular complexity index is 1180. The van der Waals surface area contributed by atoms with Crippen molar-refractivity contribution in [3.05, 3.63) is 57.7 Å². The van der Waals surface area contributed by atoms with Crippen LogP contribution in [-0.4, -0.2) is 20.1 Å². The second-order valence-corrected chi connectivity index (χ2v) is 10.7. The summed E-state index contributed by atoms with van der Waals surface area (Å²) in [4.78, 5) is 12.4. The average molecular weight is 449 g/mol. The predicted octanol–water partition coefficient (Wildman–Crippen LogP) is 4.72. The van der Waals surface area contributed by atoms with Crippen molar-refractivity contribution in [3.63, 3.8) is 0 Å². The summed E-state index contributed by atoms with van der Waals surface area (Å²) in [5, 5.41) is 0. The highest BCUT2D eigenvalue weighted by Crippen LogP contribution is 2.28. The molecule has 1 atom stereocenters. The molecule has 0 spiro atoms. The van der Waals surface area contributed by atoms with E-state index in [4.69, 9.17) is 4.74 Å². The van der Waals surface area contributed by atoms with E-state index < -0.39 is 10.0 Å². The third-order valence-corrected chi connectivity index (χ3v) is 7.32. The first-order chi connectivity index (χ1) is 14.1. The first-order valence-corrected chi connectivity index (χ1v) is 12.2. The van der Waals surface area contributed by atoms with Crippen LogP contribution in [0.4, 0.5) is 0 Å². The van der Waals surface area contributed by atoms with Crippen molar-refractivity contribution in [1.82, 2.24) is 9.29 Å². The lowest BCUT2D eigenvalue weighted by atomic mass is 9.98. The molecule has 0 aliphatic rings. The number of ether oxygens (including phenoxy) is 1. The van der Waals surface area contributed by atoms with Gasteiger partial charge in [-0.25, -0.2) is 13.1 Å². The van der Waals surface area contributed by atoms with Crippen molar-refractivity contribution in [3.8, 4) is 5.75 Å². The topological polar surface area (TPSA) is 77.4 Å². The summed E-state index contributed by atoms with van der Waals surface area (Å²) in [6.07, 6.45) is 0.658. The fraction of sp³-hybridized carbons (Fsp3) is 0.409. The second-order valence-electron chi connectivity index (χ2n) is 8.04. The van der Waals surface area contributed by atoms with Gasteiger partial charge in [0, 0.05) is 12.1 Å². The van der Waals surface area contributed by atoms with Gasteiger partial charge in [-0.05, 0) is 62.1 Å². The van der Waals surface area contributed by atoms with Gasteiger partial charge in [0.25, 0.3) is 0 Å². The molecule has 0 radical (unpaired) electrons. The molecule has 0 saturated heterocycles. The number of sulfonamides is 1. The maximum atomic E-state index is 13.2. The van der Waals surface area contributed by atoms with E-state index in [1.807, 2.05) is 38.1 Å². The highest BCUT2D eigenvalue weighted by atomic mass is 32.2. The predicted molar refractivity (Wildman–Crippen MR) is 122 cm³/mol. The lowest BCUT2D eigenvalue weighted by Gasteiger charge is -2.21. The number of nitrogens with zero attached hydrogens (tertiary/aromatic N) is 1. The maximum Gasteiger partial charge on any atom is 0.308 e. The van der Waals surface area contributed by atoms with Crippen molar-refractivity contribution in [2.24, 2.45) is 5.92 Å². The van der Waals surface area contributed by atoms with Crippen LogP contribution in [0.15, 0.2) is 52.2 Å². The van der Waals surface area contributed by atoms with Crippen LogP contribution in [0.1, 0.15) is 51.8 Å². The summed E-state index contributed by atoms with van der Waals surface area (Å²) < 4.78 is 36.8. The maximum absolute atomic E-state index is 13.2. The summed E-state index contributed by atoms with van der Waals surface area (Å²) in [6.45, 7) is 7.99. The van der Waals surface area contributed by atoms with Gasteiger partial charge >= 0.3 is 4.87 Å². The number of hydrogen-bond acceptors (Lipinski definition) is 5. The number of aromatic nitrogens is 1. The largest absolute Gasteiger partial charge is 0.497 e. The number of rotatable bonds is 8. The molecule has 30 heavy (non-hydrogen) atoms. The zero-order chi connectivity index (χ0) is 22.1. The minimum Gasteiger partial charge on any atom is -0.497 e. The van der Waals surface area contributed by atoms with E-state index in [0.717, 1.165) is 28.2 Å². The molecule has 3 rings (SSSR count). The molecule has 0 aliphatic carbocycles. The van der Waals surface area contributed by atoms with Gasteiger partial charge in [0.05, 0.1) is 22.2 Å². The third kappa shape index (κ3) is 4.77. The molecule has 162 valence electrons. The van der Waals surface area contributed by atoms with Gasteiger partial charge in [-0.3, -0.25) is 9.36 Å². The Balaban J connectivity index is 1.96. The summed E-state index contributed by atoms with van der Waals surface area (Å²) in [6, 6.07) is 11.9. The van der Waals surface area contributed by atoms with Crippen molar-refractivity contribution < 1.29 is 13.2 Å². The Morgan fingerprint density at radius 1 is 1.07 bits per heavy atom. The number of benzene rings is 2. The van der Waals surface area contributed by atoms with Gasteiger partial charge in [0.15, 0.2) is 0 Å². The molecule has 2 aromatic carbocycles. The van der Waals surface area contributed by atoms with Crippen LogP contribution in [-0.2, 0) is 10.0 Å². The van der Waals surface area contributed by atoms with Crippen molar-refractivity contribution in [1.29, 1.82) is 0 Å². The van der Waals surface area contributed by atoms with E-state index in [0.29, 0.717) is 17.0 Å².